The molecule has 5 aromatic carbocycles. The van der Waals surface area contributed by atoms with E-state index in [9.17, 15) is 4.79 Å². The number of hydrogen-bond donors (Lipinski definition) is 0. The monoisotopic (exact) mass is 588 g/mol. The fraction of sp³-hybridized carbons (Fsp3) is 0.114. The summed E-state index contributed by atoms with van der Waals surface area (Å²) in [5.41, 5.74) is 4.33. The third-order valence-electron chi connectivity index (χ3n) is 6.45. The van der Waals surface area contributed by atoms with Crippen LogP contribution in [0.5, 0.6) is 17.2 Å². The van der Waals surface area contributed by atoms with Crippen molar-refractivity contribution in [2.75, 3.05) is 0 Å². The van der Waals surface area contributed by atoms with Crippen molar-refractivity contribution in [2.45, 2.75) is 26.7 Å². The van der Waals surface area contributed by atoms with Crippen molar-refractivity contribution in [3.05, 3.63) is 154 Å². The molecule has 0 amide bonds. The average molecular weight is 589 g/mol. The van der Waals surface area contributed by atoms with Gasteiger partial charge in [-0.05, 0) is 43.8 Å². The van der Waals surface area contributed by atoms with Crippen molar-refractivity contribution in [2.24, 2.45) is 0 Å². The predicted octanol–water partition coefficient (Wildman–Crippen LogP) is 7.88. The summed E-state index contributed by atoms with van der Waals surface area (Å²) in [6.07, 6.45) is 0. The van der Waals surface area contributed by atoms with Gasteiger partial charge in [-0.15, -0.1) is 0 Å². The minimum atomic E-state index is -0.276. The van der Waals surface area contributed by atoms with E-state index in [0.717, 1.165) is 22.3 Å². The molecule has 1 atom stereocenters. The van der Waals surface area contributed by atoms with Crippen LogP contribution in [0.2, 0.25) is 5.02 Å². The average Bonchev–Trinajstić information content (AvgIpc) is 3.00. The van der Waals surface area contributed by atoms with Crippen LogP contribution in [0, 0.1) is 6.92 Å². The quantitative estimate of drug-likeness (QED) is 0.110. The van der Waals surface area contributed by atoms with E-state index in [-0.39, 0.29) is 33.0 Å². The third-order valence-corrected chi connectivity index (χ3v) is 7.98. The summed E-state index contributed by atoms with van der Waals surface area (Å²) < 4.78 is 18.9. The van der Waals surface area contributed by atoms with E-state index in [1.807, 2.05) is 122 Å². The Balaban J connectivity index is 0.00000405. The SMILES string of the molecule is Cc1cccc(Cl)c1C(=O)Pc1c(OCc2ccccc2)cc(OCc2ccccc2)cc1OCc1ccccc1.[LiH]. The molecule has 0 saturated heterocycles. The van der Waals surface area contributed by atoms with E-state index >= 15 is 0 Å². The first-order chi connectivity index (χ1) is 20.1. The van der Waals surface area contributed by atoms with Crippen LogP contribution in [-0.4, -0.2) is 24.4 Å². The van der Waals surface area contributed by atoms with Gasteiger partial charge in [0.15, 0.2) is 5.52 Å². The molecule has 1 unspecified atom stereocenters. The Kier molecular flexibility index (Phi) is 11.7. The maximum atomic E-state index is 13.7. The normalized spacial score (nSPS) is 10.7. The number of hydrogen-bond acceptors (Lipinski definition) is 4. The molecule has 0 saturated carbocycles. The molecular weight excluding hydrogens is 558 g/mol. The molecule has 0 aliphatic carbocycles. The Bertz CT molecular complexity index is 1510. The molecule has 0 bridgehead atoms. The van der Waals surface area contributed by atoms with E-state index in [1.165, 1.54) is 0 Å². The van der Waals surface area contributed by atoms with Crippen molar-refractivity contribution in [1.82, 2.24) is 0 Å². The number of carbonyl (C=O) groups is 1. The number of benzene rings is 5. The number of carbonyl (C=O) groups excluding carboxylic acids is 1. The zero-order valence-corrected chi connectivity index (χ0v) is 24.4. The van der Waals surface area contributed by atoms with Crippen LogP contribution < -0.4 is 19.5 Å². The Morgan fingerprint density at radius 3 is 1.55 bits per heavy atom. The van der Waals surface area contributed by atoms with Gasteiger partial charge in [-0.3, -0.25) is 4.79 Å². The second kappa shape index (κ2) is 15.6. The van der Waals surface area contributed by atoms with Crippen molar-refractivity contribution >= 4 is 49.9 Å². The molecule has 0 aromatic heterocycles. The van der Waals surface area contributed by atoms with Gasteiger partial charge in [0.25, 0.3) is 0 Å². The molecule has 7 heteroatoms. The first kappa shape index (κ1) is 31.4. The molecular formula is C35H31ClLiO4P. The molecule has 4 nitrogen and oxygen atoms in total. The fourth-order valence-electron chi connectivity index (χ4n) is 4.31. The number of rotatable bonds is 12. The van der Waals surface area contributed by atoms with Gasteiger partial charge >= 0.3 is 18.9 Å². The second-order valence-electron chi connectivity index (χ2n) is 9.50. The van der Waals surface area contributed by atoms with Crippen molar-refractivity contribution in [1.29, 1.82) is 0 Å². The fourth-order valence-corrected chi connectivity index (χ4v) is 5.91. The van der Waals surface area contributed by atoms with Crippen molar-refractivity contribution < 1.29 is 19.0 Å². The van der Waals surface area contributed by atoms with Crippen LogP contribution in [0.3, 0.4) is 0 Å². The van der Waals surface area contributed by atoms with Crippen molar-refractivity contribution in [3.63, 3.8) is 0 Å². The van der Waals surface area contributed by atoms with Gasteiger partial charge in [0.1, 0.15) is 37.1 Å². The standard InChI is InChI=1S/C35H30ClO4P.Li.H/c1-25-12-11-19-30(36)33(25)35(37)41-34-31(39-23-27-15-7-3-8-16-27)20-29(38-22-26-13-5-2-6-14-26)21-32(34)40-24-28-17-9-4-10-18-28;;/h2-21,41H,22-24H2,1H3;;. The summed E-state index contributed by atoms with van der Waals surface area (Å²) in [5.74, 6) is 1.67. The number of aryl methyl sites for hydroxylation is 1. The summed E-state index contributed by atoms with van der Waals surface area (Å²) in [7, 11) is -0.276. The van der Waals surface area contributed by atoms with E-state index in [4.69, 9.17) is 25.8 Å². The number of ether oxygens (including phenoxy) is 3. The van der Waals surface area contributed by atoms with Crippen molar-refractivity contribution in [3.8, 4) is 17.2 Å². The van der Waals surface area contributed by atoms with E-state index < -0.39 is 0 Å². The Morgan fingerprint density at radius 2 is 1.10 bits per heavy atom. The third kappa shape index (κ3) is 8.51. The van der Waals surface area contributed by atoms with Gasteiger partial charge < -0.3 is 14.2 Å². The van der Waals surface area contributed by atoms with Crippen LogP contribution in [0.4, 0.5) is 0 Å². The Morgan fingerprint density at radius 1 is 0.643 bits per heavy atom. The van der Waals surface area contributed by atoms with Gasteiger partial charge in [0, 0.05) is 17.7 Å². The molecule has 0 heterocycles. The summed E-state index contributed by atoms with van der Waals surface area (Å²) >= 11 is 6.48. The predicted molar refractivity (Wildman–Crippen MR) is 174 cm³/mol. The zero-order valence-electron chi connectivity index (χ0n) is 22.7. The van der Waals surface area contributed by atoms with Gasteiger partial charge in [0.2, 0.25) is 0 Å². The first-order valence-corrected chi connectivity index (χ1v) is 14.7. The summed E-state index contributed by atoms with van der Waals surface area (Å²) in [4.78, 5) is 13.7. The first-order valence-electron chi connectivity index (χ1n) is 13.3. The van der Waals surface area contributed by atoms with E-state index in [0.29, 0.717) is 53.0 Å². The van der Waals surface area contributed by atoms with Crippen LogP contribution in [0.25, 0.3) is 0 Å². The molecule has 208 valence electrons. The van der Waals surface area contributed by atoms with Gasteiger partial charge in [-0.25, -0.2) is 0 Å². The maximum absolute atomic E-state index is 13.7. The summed E-state index contributed by atoms with van der Waals surface area (Å²) in [6.45, 7) is 2.94. The van der Waals surface area contributed by atoms with E-state index in [2.05, 4.69) is 0 Å². The molecule has 5 rings (SSSR count). The van der Waals surface area contributed by atoms with Crippen LogP contribution in [-0.2, 0) is 19.8 Å². The minimum absolute atomic E-state index is 0. The van der Waals surface area contributed by atoms with Gasteiger partial charge in [-0.1, -0.05) is 115 Å². The molecule has 0 N–H and O–H groups in total. The molecule has 0 fully saturated rings. The van der Waals surface area contributed by atoms with Crippen LogP contribution >= 0.6 is 20.2 Å². The Labute approximate surface area is 266 Å². The van der Waals surface area contributed by atoms with Crippen LogP contribution in [0.15, 0.2) is 121 Å². The Hall–Kier alpha value is -3.51. The molecule has 42 heavy (non-hydrogen) atoms. The van der Waals surface area contributed by atoms with Gasteiger partial charge in [0.05, 0.1) is 10.3 Å². The molecule has 0 spiro atoms. The number of halogens is 1. The molecule has 0 radical (unpaired) electrons. The summed E-state index contributed by atoms with van der Waals surface area (Å²) in [6, 6.07) is 39.0. The molecule has 0 aliphatic heterocycles. The topological polar surface area (TPSA) is 44.8 Å². The van der Waals surface area contributed by atoms with Gasteiger partial charge in [-0.2, -0.15) is 0 Å². The zero-order chi connectivity index (χ0) is 28.4. The molecule has 5 aromatic rings. The van der Waals surface area contributed by atoms with Crippen LogP contribution in [0.1, 0.15) is 32.6 Å². The summed E-state index contributed by atoms with van der Waals surface area (Å²) in [5, 5.41) is 1.11. The van der Waals surface area contributed by atoms with E-state index in [1.54, 1.807) is 6.07 Å². The second-order valence-corrected chi connectivity index (χ2v) is 11.1. The molecule has 0 aliphatic rings.